The van der Waals surface area contributed by atoms with Gasteiger partial charge >= 0.3 is 13.8 Å². The number of hydrogen-bond acceptors (Lipinski definition) is 12. The van der Waals surface area contributed by atoms with E-state index in [9.17, 15) is 38.6 Å². The van der Waals surface area contributed by atoms with Crippen LogP contribution in [0.2, 0.25) is 0 Å². The number of nitrogen functional groups attached to an aromatic ring is 1. The van der Waals surface area contributed by atoms with Crippen LogP contribution in [0, 0.1) is 0 Å². The average Bonchev–Trinajstić information content (AvgIpc) is 3.63. The Labute approximate surface area is 304 Å². The molecule has 1 saturated heterocycles. The molecule has 3 heterocycles. The zero-order valence-electron chi connectivity index (χ0n) is 29.3. The number of rotatable bonds is 19. The van der Waals surface area contributed by atoms with E-state index in [1.807, 2.05) is 22.8 Å². The molecule has 2 aromatic carbocycles. The number of ether oxygens (including phenoxy) is 1. The van der Waals surface area contributed by atoms with Gasteiger partial charge in [0.2, 0.25) is 5.91 Å². The van der Waals surface area contributed by atoms with Crippen molar-refractivity contribution in [1.29, 1.82) is 0 Å². The number of anilines is 1. The third-order valence-corrected chi connectivity index (χ3v) is 8.93. The molecule has 1 fully saturated rings. The maximum Gasteiger partial charge on any atom is 0.524 e. The molecule has 1 aliphatic rings. The first-order chi connectivity index (χ1) is 25.3. The van der Waals surface area contributed by atoms with Crippen molar-refractivity contribution in [2.24, 2.45) is 0 Å². The van der Waals surface area contributed by atoms with Crippen molar-refractivity contribution in [1.82, 2.24) is 24.9 Å². The summed E-state index contributed by atoms with van der Waals surface area (Å²) in [5, 5.41) is 14.4. The number of nitrogens with zero attached hydrogens (tertiary/aromatic N) is 4. The Morgan fingerprint density at radius 2 is 1.75 bits per heavy atom. The third-order valence-electron chi connectivity index (χ3n) is 8.51. The molecule has 0 atom stereocenters. The number of hydrogen-bond donors (Lipinski definition) is 5. The number of unbranched alkanes of at least 4 members (excludes halogenated alkanes) is 1. The number of fused-ring (bicyclic) bond motifs is 3. The van der Waals surface area contributed by atoms with Crippen molar-refractivity contribution in [3.05, 3.63) is 53.3 Å². The molecule has 3 amide bonds. The molecule has 0 radical (unpaired) electrons. The summed E-state index contributed by atoms with van der Waals surface area (Å²) in [6.07, 6.45) is 3.89. The largest absolute Gasteiger partial charge is 0.524 e. The van der Waals surface area contributed by atoms with Crippen LogP contribution >= 0.6 is 7.82 Å². The van der Waals surface area contributed by atoms with Gasteiger partial charge < -0.3 is 34.8 Å². The van der Waals surface area contributed by atoms with Crippen LogP contribution < -0.4 is 15.6 Å². The maximum atomic E-state index is 12.1. The highest BCUT2D eigenvalue weighted by molar-refractivity contribution is 7.46. The zero-order valence-corrected chi connectivity index (χ0v) is 30.2. The molecular formula is C35H43N6O11P. The molecular weight excluding hydrogens is 711 g/mol. The molecule has 0 aliphatic carbocycles. The van der Waals surface area contributed by atoms with Crippen molar-refractivity contribution < 1.29 is 52.7 Å². The fourth-order valence-corrected chi connectivity index (χ4v) is 6.39. The zero-order chi connectivity index (χ0) is 38.1. The summed E-state index contributed by atoms with van der Waals surface area (Å²) >= 11 is 0. The highest BCUT2D eigenvalue weighted by atomic mass is 31.2. The minimum Gasteiger partial charge on any atom is -0.504 e. The molecule has 284 valence electrons. The number of aryl methyl sites for hydroxylation is 2. The molecule has 4 aromatic rings. The van der Waals surface area contributed by atoms with Crippen LogP contribution in [-0.4, -0.2) is 77.9 Å². The molecule has 1 aliphatic heterocycles. The van der Waals surface area contributed by atoms with Crippen molar-refractivity contribution in [3.8, 4) is 11.5 Å². The average molecular weight is 755 g/mol. The Bertz CT molecular complexity index is 2030. The SMILES string of the molecule is CCCCc1nc2c(N)nc3ccc(CCCOCCCNC(=O)CCC(=O)ON4C(=O)CCC4=O)cc3c2n1Cc1cccc(O)c1OP(=O)(O)O. The van der Waals surface area contributed by atoms with Crippen LogP contribution in [0.15, 0.2) is 36.4 Å². The predicted octanol–water partition coefficient (Wildman–Crippen LogP) is 3.58. The van der Waals surface area contributed by atoms with Gasteiger partial charge in [-0.05, 0) is 49.4 Å². The molecule has 0 spiro atoms. The highest BCUT2D eigenvalue weighted by Gasteiger charge is 2.33. The molecule has 0 unspecified atom stereocenters. The van der Waals surface area contributed by atoms with E-state index >= 15 is 0 Å². The fourth-order valence-electron chi connectivity index (χ4n) is 5.94. The molecule has 18 heteroatoms. The van der Waals surface area contributed by atoms with Gasteiger partial charge in [0.1, 0.15) is 11.3 Å². The lowest BCUT2D eigenvalue weighted by molar-refractivity contribution is -0.197. The van der Waals surface area contributed by atoms with Gasteiger partial charge in [-0.15, -0.1) is 5.06 Å². The van der Waals surface area contributed by atoms with Crippen LogP contribution in [0.5, 0.6) is 11.5 Å². The number of pyridine rings is 1. The van der Waals surface area contributed by atoms with Gasteiger partial charge in [-0.3, -0.25) is 24.2 Å². The lowest BCUT2D eigenvalue weighted by Crippen LogP contribution is -2.32. The van der Waals surface area contributed by atoms with E-state index in [1.165, 1.54) is 6.07 Å². The number of imide groups is 1. The van der Waals surface area contributed by atoms with E-state index in [0.29, 0.717) is 78.4 Å². The topological polar surface area (TPSA) is 246 Å². The first-order valence-electron chi connectivity index (χ1n) is 17.4. The summed E-state index contributed by atoms with van der Waals surface area (Å²) in [4.78, 5) is 80.2. The highest BCUT2D eigenvalue weighted by Crippen LogP contribution is 2.44. The van der Waals surface area contributed by atoms with E-state index in [1.54, 1.807) is 12.1 Å². The number of aromatic hydroxyl groups is 1. The number of para-hydroxylation sites is 1. The second-order valence-electron chi connectivity index (χ2n) is 12.6. The normalized spacial score (nSPS) is 13.3. The number of phenolic OH excluding ortho intramolecular Hbond substituents is 1. The van der Waals surface area contributed by atoms with Crippen molar-refractivity contribution in [3.63, 3.8) is 0 Å². The lowest BCUT2D eigenvalue weighted by atomic mass is 10.1. The van der Waals surface area contributed by atoms with E-state index in [0.717, 1.165) is 23.8 Å². The summed E-state index contributed by atoms with van der Waals surface area (Å²) in [5.74, 6) is -2.10. The monoisotopic (exact) mass is 754 g/mol. The number of nitrogens with two attached hydrogens (primary N) is 1. The van der Waals surface area contributed by atoms with E-state index in [-0.39, 0.29) is 49.7 Å². The van der Waals surface area contributed by atoms with Crippen LogP contribution in [0.25, 0.3) is 21.9 Å². The van der Waals surface area contributed by atoms with E-state index in [2.05, 4.69) is 17.2 Å². The number of carbonyl (C=O) groups is 4. The molecule has 5 rings (SSSR count). The van der Waals surface area contributed by atoms with Gasteiger partial charge in [0.15, 0.2) is 17.3 Å². The van der Waals surface area contributed by atoms with Gasteiger partial charge in [-0.25, -0.2) is 19.3 Å². The summed E-state index contributed by atoms with van der Waals surface area (Å²) in [6.45, 7) is 3.37. The third kappa shape index (κ3) is 10.3. The van der Waals surface area contributed by atoms with Gasteiger partial charge in [0.25, 0.3) is 11.8 Å². The molecule has 17 nitrogen and oxygen atoms in total. The van der Waals surface area contributed by atoms with Crippen LogP contribution in [0.4, 0.5) is 5.82 Å². The Kier molecular flexibility index (Phi) is 13.0. The Morgan fingerprint density at radius 3 is 2.49 bits per heavy atom. The van der Waals surface area contributed by atoms with Crippen molar-refractivity contribution >= 4 is 59.3 Å². The first kappa shape index (κ1) is 39.1. The first-order valence-corrected chi connectivity index (χ1v) is 18.9. The molecule has 53 heavy (non-hydrogen) atoms. The number of aromatic nitrogens is 3. The molecule has 0 bridgehead atoms. The molecule has 0 saturated carbocycles. The summed E-state index contributed by atoms with van der Waals surface area (Å²) in [6, 6.07) is 10.4. The van der Waals surface area contributed by atoms with Gasteiger partial charge in [0.05, 0.1) is 24.0 Å². The summed E-state index contributed by atoms with van der Waals surface area (Å²) in [5.41, 5.74) is 9.62. The van der Waals surface area contributed by atoms with E-state index in [4.69, 9.17) is 24.8 Å². The number of nitrogens with one attached hydrogen (secondary N) is 1. The predicted molar refractivity (Wildman–Crippen MR) is 191 cm³/mol. The number of phosphoric acid groups is 1. The van der Waals surface area contributed by atoms with Gasteiger partial charge in [0, 0.05) is 56.4 Å². The summed E-state index contributed by atoms with van der Waals surface area (Å²) in [7, 11) is -4.97. The van der Waals surface area contributed by atoms with Gasteiger partial charge in [-0.1, -0.05) is 31.5 Å². The number of imidazole rings is 1. The number of benzene rings is 2. The maximum absolute atomic E-state index is 12.1. The van der Waals surface area contributed by atoms with Crippen molar-refractivity contribution in [2.45, 2.75) is 77.7 Å². The van der Waals surface area contributed by atoms with Crippen LogP contribution in [0.3, 0.4) is 0 Å². The van der Waals surface area contributed by atoms with Crippen LogP contribution in [0.1, 0.15) is 75.2 Å². The second kappa shape index (κ2) is 17.6. The fraction of sp³-hybridized carbons (Fsp3) is 0.429. The number of amides is 3. The van der Waals surface area contributed by atoms with E-state index < -0.39 is 31.4 Å². The van der Waals surface area contributed by atoms with Crippen LogP contribution in [-0.2, 0) is 52.7 Å². The van der Waals surface area contributed by atoms with Crippen molar-refractivity contribution in [2.75, 3.05) is 25.5 Å². The second-order valence-corrected chi connectivity index (χ2v) is 13.7. The number of carbonyl (C=O) groups excluding carboxylic acids is 4. The minimum atomic E-state index is -4.97. The molecule has 2 aromatic heterocycles. The number of phenols is 1. The quantitative estimate of drug-likeness (QED) is 0.0522. The Morgan fingerprint density at radius 1 is 1.00 bits per heavy atom. The van der Waals surface area contributed by atoms with Gasteiger partial charge in [-0.2, -0.15) is 0 Å². The number of hydroxylamine groups is 2. The standard InChI is InChI=1S/C35H43N6O11P/c1-2-3-10-27-39-32-33(40(27)21-23-8-4-9-26(42)34(23)52-53(47,48)49)24-20-22(11-12-25(24)38-35(32)36)7-5-18-50-19-6-17-37-28(43)13-16-31(46)51-41-29(44)14-15-30(41)45/h4,8-9,11-12,20,42H,2-3,5-7,10,13-19,21H2,1H3,(H2,36,38)(H,37,43)(H2,47,48,49). The lowest BCUT2D eigenvalue weighted by Gasteiger charge is -2.16. The molecule has 6 N–H and O–H groups in total. The number of phosphoric ester groups is 1. The Hall–Kier alpha value is -5.09. The smallest absolute Gasteiger partial charge is 0.504 e. The minimum absolute atomic E-state index is 0.00224. The summed E-state index contributed by atoms with van der Waals surface area (Å²) < 4.78 is 24.3. The Balaban J connectivity index is 1.17.